The number of anilines is 1. The molecule has 4 nitrogen and oxygen atoms in total. The summed E-state index contributed by atoms with van der Waals surface area (Å²) in [4.78, 5) is 7.35. The first-order valence-corrected chi connectivity index (χ1v) is 7.36. The van der Waals surface area contributed by atoms with Crippen LogP contribution in [0.2, 0.25) is 0 Å². The van der Waals surface area contributed by atoms with Crippen LogP contribution >= 0.6 is 11.8 Å². The van der Waals surface area contributed by atoms with E-state index in [1.165, 1.54) is 18.2 Å². The van der Waals surface area contributed by atoms with E-state index in [1.807, 2.05) is 0 Å². The third-order valence-electron chi connectivity index (χ3n) is 3.30. The van der Waals surface area contributed by atoms with Gasteiger partial charge in [0.1, 0.15) is 5.03 Å². The highest BCUT2D eigenvalue weighted by Gasteiger charge is 2.34. The Morgan fingerprint density at radius 1 is 1.35 bits per heavy atom. The molecule has 2 atom stereocenters. The first-order valence-electron chi connectivity index (χ1n) is 6.48. The average molecular weight is 306 g/mol. The minimum Gasteiger partial charge on any atom is -0.292 e. The normalized spacial score (nSPS) is 23.6. The van der Waals surface area contributed by atoms with Gasteiger partial charge in [0.05, 0.1) is 0 Å². The molecular weight excluding hydrogens is 289 g/mol. The summed E-state index contributed by atoms with van der Waals surface area (Å²) in [6, 6.07) is 0.991. The van der Waals surface area contributed by atoms with Crippen LogP contribution in [0.4, 0.5) is 19.1 Å². The third-order valence-corrected chi connectivity index (χ3v) is 4.51. The maximum absolute atomic E-state index is 12.8. The number of halogens is 3. The fourth-order valence-corrected chi connectivity index (χ4v) is 3.72. The molecule has 0 radical (unpaired) electrons. The van der Waals surface area contributed by atoms with Gasteiger partial charge in [0.25, 0.3) is 0 Å². The molecule has 112 valence electrons. The van der Waals surface area contributed by atoms with E-state index in [2.05, 4.69) is 22.3 Å². The molecule has 1 saturated carbocycles. The molecule has 0 aromatic carbocycles. The monoisotopic (exact) mass is 306 g/mol. The number of nitrogen functional groups attached to an aromatic ring is 1. The summed E-state index contributed by atoms with van der Waals surface area (Å²) in [7, 11) is 0. The van der Waals surface area contributed by atoms with Crippen LogP contribution in [0.3, 0.4) is 0 Å². The van der Waals surface area contributed by atoms with Crippen molar-refractivity contribution in [3.8, 4) is 0 Å². The van der Waals surface area contributed by atoms with Crippen molar-refractivity contribution in [3.05, 3.63) is 11.8 Å². The largest absolute Gasteiger partial charge is 0.433 e. The third kappa shape index (κ3) is 3.99. The second-order valence-electron chi connectivity index (χ2n) is 5.07. The summed E-state index contributed by atoms with van der Waals surface area (Å²) in [6.07, 6.45) is -0.195. The summed E-state index contributed by atoms with van der Waals surface area (Å²) < 4.78 is 38.3. The molecule has 1 aromatic rings. The van der Waals surface area contributed by atoms with Gasteiger partial charge in [-0.25, -0.2) is 15.8 Å². The van der Waals surface area contributed by atoms with Crippen LogP contribution in [-0.2, 0) is 6.18 Å². The molecule has 1 aliphatic carbocycles. The molecule has 0 amide bonds. The summed E-state index contributed by atoms with van der Waals surface area (Å²) in [5.41, 5.74) is 1.12. The second kappa shape index (κ2) is 6.17. The van der Waals surface area contributed by atoms with Gasteiger partial charge in [-0.3, -0.25) is 5.43 Å². The van der Waals surface area contributed by atoms with Gasteiger partial charge in [-0.1, -0.05) is 19.8 Å². The number of thioether (sulfide) groups is 1. The van der Waals surface area contributed by atoms with Gasteiger partial charge >= 0.3 is 6.18 Å². The molecule has 1 heterocycles. The van der Waals surface area contributed by atoms with Crippen molar-refractivity contribution >= 4 is 17.7 Å². The molecule has 8 heteroatoms. The van der Waals surface area contributed by atoms with Gasteiger partial charge in [0.15, 0.2) is 5.69 Å². The number of nitrogens with one attached hydrogen (secondary N) is 1. The number of hydrazine groups is 1. The first-order chi connectivity index (χ1) is 9.38. The topological polar surface area (TPSA) is 63.8 Å². The van der Waals surface area contributed by atoms with E-state index in [9.17, 15) is 13.2 Å². The van der Waals surface area contributed by atoms with Crippen molar-refractivity contribution in [2.24, 2.45) is 11.8 Å². The molecule has 2 rings (SSSR count). The van der Waals surface area contributed by atoms with Crippen LogP contribution < -0.4 is 11.3 Å². The van der Waals surface area contributed by atoms with Crippen molar-refractivity contribution < 1.29 is 13.2 Å². The predicted molar refractivity (Wildman–Crippen MR) is 72.1 cm³/mol. The Morgan fingerprint density at radius 2 is 2.10 bits per heavy atom. The van der Waals surface area contributed by atoms with Crippen molar-refractivity contribution in [1.29, 1.82) is 0 Å². The number of aromatic nitrogens is 2. The molecule has 0 saturated heterocycles. The predicted octanol–water partition coefficient (Wildman–Crippen LogP) is 3.45. The lowest BCUT2D eigenvalue weighted by atomic mass is 9.91. The molecule has 0 spiro atoms. The number of alkyl halides is 3. The maximum Gasteiger partial charge on any atom is 0.433 e. The fourth-order valence-electron chi connectivity index (χ4n) is 2.35. The minimum absolute atomic E-state index is 0.203. The highest BCUT2D eigenvalue weighted by Crippen LogP contribution is 2.37. The molecule has 1 fully saturated rings. The van der Waals surface area contributed by atoms with E-state index >= 15 is 0 Å². The zero-order chi connectivity index (χ0) is 14.8. The number of rotatable bonds is 3. The van der Waals surface area contributed by atoms with Crippen molar-refractivity contribution in [3.63, 3.8) is 0 Å². The van der Waals surface area contributed by atoms with E-state index < -0.39 is 11.9 Å². The Kier molecular flexibility index (Phi) is 4.74. The first kappa shape index (κ1) is 15.4. The number of nitrogens with zero attached hydrogens (tertiary/aromatic N) is 2. The number of hydrogen-bond donors (Lipinski definition) is 2. The summed E-state index contributed by atoms with van der Waals surface area (Å²) in [5.74, 6) is 5.54. The average Bonchev–Trinajstić information content (AvgIpc) is 2.37. The summed E-state index contributed by atoms with van der Waals surface area (Å²) >= 11 is 1.38. The van der Waals surface area contributed by atoms with E-state index in [1.54, 1.807) is 0 Å². The zero-order valence-electron chi connectivity index (χ0n) is 11.1. The SMILES string of the molecule is CC1CCCC(Sc2cc(C(F)(F)F)nc(NN)n2)C1. The molecule has 1 aromatic heterocycles. The van der Waals surface area contributed by atoms with Gasteiger partial charge in [-0.15, -0.1) is 11.8 Å². The van der Waals surface area contributed by atoms with Gasteiger partial charge in [0, 0.05) is 11.3 Å². The fraction of sp³-hybridized carbons (Fsp3) is 0.667. The quantitative estimate of drug-likeness (QED) is 0.509. The highest BCUT2D eigenvalue weighted by atomic mass is 32.2. The lowest BCUT2D eigenvalue weighted by Crippen LogP contribution is -2.18. The van der Waals surface area contributed by atoms with E-state index in [0.29, 0.717) is 16.2 Å². The van der Waals surface area contributed by atoms with Crippen molar-refractivity contribution in [2.45, 2.75) is 49.1 Å². The molecule has 0 aliphatic heterocycles. The Balaban J connectivity index is 2.18. The van der Waals surface area contributed by atoms with Crippen molar-refractivity contribution in [2.75, 3.05) is 5.43 Å². The highest BCUT2D eigenvalue weighted by molar-refractivity contribution is 7.99. The smallest absolute Gasteiger partial charge is 0.292 e. The van der Waals surface area contributed by atoms with E-state index in [4.69, 9.17) is 5.84 Å². The second-order valence-corrected chi connectivity index (χ2v) is 6.39. The summed E-state index contributed by atoms with van der Waals surface area (Å²) in [6.45, 7) is 2.17. The zero-order valence-corrected chi connectivity index (χ0v) is 11.9. The van der Waals surface area contributed by atoms with Crippen LogP contribution in [0.5, 0.6) is 0 Å². The Hall–Kier alpha value is -1.02. The molecule has 20 heavy (non-hydrogen) atoms. The Bertz CT molecular complexity index is 467. The van der Waals surface area contributed by atoms with E-state index in [-0.39, 0.29) is 5.95 Å². The van der Waals surface area contributed by atoms with Crippen molar-refractivity contribution in [1.82, 2.24) is 9.97 Å². The van der Waals surface area contributed by atoms with Crippen LogP contribution in [0.1, 0.15) is 38.3 Å². The lowest BCUT2D eigenvalue weighted by molar-refractivity contribution is -0.141. The Morgan fingerprint density at radius 3 is 2.70 bits per heavy atom. The van der Waals surface area contributed by atoms with Gasteiger partial charge in [0.2, 0.25) is 5.95 Å². The molecule has 1 aliphatic rings. The van der Waals surface area contributed by atoms with Crippen LogP contribution in [0, 0.1) is 5.92 Å². The van der Waals surface area contributed by atoms with Crippen LogP contribution in [0.15, 0.2) is 11.1 Å². The van der Waals surface area contributed by atoms with Gasteiger partial charge in [-0.05, 0) is 18.8 Å². The number of hydrogen-bond acceptors (Lipinski definition) is 5. The minimum atomic E-state index is -4.50. The molecular formula is C12H17F3N4S. The maximum atomic E-state index is 12.8. The van der Waals surface area contributed by atoms with Gasteiger partial charge < -0.3 is 0 Å². The Labute approximate surface area is 119 Å². The lowest BCUT2D eigenvalue weighted by Gasteiger charge is -2.26. The van der Waals surface area contributed by atoms with Crippen LogP contribution in [-0.4, -0.2) is 15.2 Å². The molecule has 3 N–H and O–H groups in total. The van der Waals surface area contributed by atoms with E-state index in [0.717, 1.165) is 25.3 Å². The number of nitrogens with two attached hydrogens (primary N) is 1. The molecule has 0 bridgehead atoms. The standard InChI is InChI=1S/C12H17F3N4S/c1-7-3-2-4-8(5-7)20-10-6-9(12(13,14)15)17-11(18-10)19-16/h6-8H,2-5,16H2,1H3,(H,17,18,19). The van der Waals surface area contributed by atoms with Crippen LogP contribution in [0.25, 0.3) is 0 Å². The summed E-state index contributed by atoms with van der Waals surface area (Å²) in [5, 5.41) is 0.625. The van der Waals surface area contributed by atoms with Gasteiger partial charge in [-0.2, -0.15) is 13.2 Å². The molecule has 2 unspecified atom stereocenters.